The van der Waals surface area contributed by atoms with E-state index in [9.17, 15) is 13.5 Å². The molecule has 1 fully saturated rings. The molecule has 7 heteroatoms. The van der Waals surface area contributed by atoms with Crippen LogP contribution in [0.5, 0.6) is 0 Å². The van der Waals surface area contributed by atoms with Crippen LogP contribution < -0.4 is 5.32 Å². The molecule has 1 aromatic heterocycles. The van der Waals surface area contributed by atoms with E-state index < -0.39 is 15.9 Å². The van der Waals surface area contributed by atoms with Crippen LogP contribution in [0.15, 0.2) is 0 Å². The first-order valence-corrected chi connectivity index (χ1v) is 8.51. The van der Waals surface area contributed by atoms with Crippen molar-refractivity contribution in [3.05, 3.63) is 15.6 Å². The molecule has 0 saturated carbocycles. The molecule has 102 valence electrons. The molecule has 2 heterocycles. The summed E-state index contributed by atoms with van der Waals surface area (Å²) in [6.07, 6.45) is -0.813. The smallest absolute Gasteiger partial charge is 0.154 e. The SMILES string of the molecule is Cc1nc(C)c(C(C)NC2CS(=O)(=O)CC2O)s1. The van der Waals surface area contributed by atoms with E-state index in [1.165, 1.54) is 0 Å². The second-order valence-corrected chi connectivity index (χ2v) is 8.21. The average molecular weight is 290 g/mol. The van der Waals surface area contributed by atoms with Crippen LogP contribution in [-0.4, -0.2) is 42.2 Å². The summed E-state index contributed by atoms with van der Waals surface area (Å²) in [6.45, 7) is 5.86. The van der Waals surface area contributed by atoms with Gasteiger partial charge in [0.05, 0.1) is 28.3 Å². The number of hydrogen-bond acceptors (Lipinski definition) is 6. The highest BCUT2D eigenvalue weighted by molar-refractivity contribution is 7.91. The van der Waals surface area contributed by atoms with Crippen LogP contribution >= 0.6 is 11.3 Å². The Labute approximate surface area is 111 Å². The number of hydrogen-bond donors (Lipinski definition) is 2. The predicted octanol–water partition coefficient (Wildman–Crippen LogP) is 0.568. The van der Waals surface area contributed by atoms with Gasteiger partial charge in [-0.3, -0.25) is 0 Å². The summed E-state index contributed by atoms with van der Waals surface area (Å²) in [6, 6.07) is -0.379. The fraction of sp³-hybridized carbons (Fsp3) is 0.727. The first-order chi connectivity index (χ1) is 8.28. The maximum atomic E-state index is 11.4. The van der Waals surface area contributed by atoms with Gasteiger partial charge in [0.25, 0.3) is 0 Å². The number of rotatable bonds is 3. The van der Waals surface area contributed by atoms with E-state index in [0.29, 0.717) is 0 Å². The van der Waals surface area contributed by atoms with E-state index in [1.807, 2.05) is 20.8 Å². The fourth-order valence-electron chi connectivity index (χ4n) is 2.33. The number of nitrogens with one attached hydrogen (secondary N) is 1. The van der Waals surface area contributed by atoms with Crippen LogP contribution in [0, 0.1) is 13.8 Å². The average Bonchev–Trinajstić information content (AvgIpc) is 2.66. The molecule has 1 aliphatic heterocycles. The lowest BCUT2D eigenvalue weighted by atomic mass is 10.1. The van der Waals surface area contributed by atoms with Gasteiger partial charge >= 0.3 is 0 Å². The summed E-state index contributed by atoms with van der Waals surface area (Å²) >= 11 is 1.60. The Hall–Kier alpha value is -0.500. The van der Waals surface area contributed by atoms with E-state index in [0.717, 1.165) is 15.6 Å². The molecule has 0 radical (unpaired) electrons. The van der Waals surface area contributed by atoms with Crippen LogP contribution in [0.3, 0.4) is 0 Å². The normalized spacial score (nSPS) is 28.4. The molecule has 18 heavy (non-hydrogen) atoms. The van der Waals surface area contributed by atoms with Crippen molar-refractivity contribution in [1.29, 1.82) is 0 Å². The molecule has 3 unspecified atom stereocenters. The largest absolute Gasteiger partial charge is 0.390 e. The van der Waals surface area contributed by atoms with E-state index in [-0.39, 0.29) is 23.6 Å². The summed E-state index contributed by atoms with van der Waals surface area (Å²) in [5.74, 6) is -0.132. The van der Waals surface area contributed by atoms with Gasteiger partial charge in [-0.05, 0) is 20.8 Å². The number of thiazole rings is 1. The Bertz CT molecular complexity index is 538. The quantitative estimate of drug-likeness (QED) is 0.851. The van der Waals surface area contributed by atoms with Crippen LogP contribution in [0.2, 0.25) is 0 Å². The molecule has 0 aromatic carbocycles. The van der Waals surface area contributed by atoms with Gasteiger partial charge in [-0.2, -0.15) is 0 Å². The highest BCUT2D eigenvalue weighted by atomic mass is 32.2. The lowest BCUT2D eigenvalue weighted by molar-refractivity contribution is 0.160. The summed E-state index contributed by atoms with van der Waals surface area (Å²) in [7, 11) is -3.10. The van der Waals surface area contributed by atoms with Gasteiger partial charge < -0.3 is 10.4 Å². The van der Waals surface area contributed by atoms with Crippen LogP contribution in [0.1, 0.15) is 28.5 Å². The molecule has 1 aliphatic rings. The van der Waals surface area contributed by atoms with Crippen molar-refractivity contribution in [3.8, 4) is 0 Å². The molecule has 0 aliphatic carbocycles. The number of sulfone groups is 1. The summed E-state index contributed by atoms with van der Waals surface area (Å²) < 4.78 is 22.9. The maximum Gasteiger partial charge on any atom is 0.154 e. The van der Waals surface area contributed by atoms with Crippen molar-refractivity contribution in [1.82, 2.24) is 10.3 Å². The zero-order valence-corrected chi connectivity index (χ0v) is 12.3. The van der Waals surface area contributed by atoms with Crippen LogP contribution in [-0.2, 0) is 9.84 Å². The Balaban J connectivity index is 2.08. The highest BCUT2D eigenvalue weighted by Crippen LogP contribution is 2.26. The molecular weight excluding hydrogens is 272 g/mol. The van der Waals surface area contributed by atoms with Crippen molar-refractivity contribution in [2.75, 3.05) is 11.5 Å². The molecule has 0 spiro atoms. The fourth-order valence-corrected chi connectivity index (χ4v) is 5.03. The van der Waals surface area contributed by atoms with Gasteiger partial charge in [-0.1, -0.05) is 0 Å². The minimum absolute atomic E-state index is 0.00384. The van der Waals surface area contributed by atoms with Gasteiger partial charge in [0.1, 0.15) is 0 Å². The van der Waals surface area contributed by atoms with Crippen molar-refractivity contribution in [2.45, 2.75) is 39.0 Å². The van der Waals surface area contributed by atoms with Gasteiger partial charge in [0, 0.05) is 17.0 Å². The van der Waals surface area contributed by atoms with Gasteiger partial charge in [-0.15, -0.1) is 11.3 Å². The topological polar surface area (TPSA) is 79.3 Å². The Morgan fingerprint density at radius 1 is 1.44 bits per heavy atom. The second kappa shape index (κ2) is 4.88. The van der Waals surface area contributed by atoms with E-state index >= 15 is 0 Å². The summed E-state index contributed by atoms with van der Waals surface area (Å²) in [5.41, 5.74) is 0.966. The van der Waals surface area contributed by atoms with E-state index in [1.54, 1.807) is 11.3 Å². The number of aliphatic hydroxyl groups is 1. The summed E-state index contributed by atoms with van der Waals surface area (Å²) in [5, 5.41) is 13.9. The van der Waals surface area contributed by atoms with Crippen molar-refractivity contribution < 1.29 is 13.5 Å². The number of aryl methyl sites for hydroxylation is 2. The Morgan fingerprint density at radius 2 is 2.11 bits per heavy atom. The highest BCUT2D eigenvalue weighted by Gasteiger charge is 2.37. The zero-order valence-electron chi connectivity index (χ0n) is 10.7. The predicted molar refractivity (Wildman–Crippen MR) is 71.6 cm³/mol. The van der Waals surface area contributed by atoms with Gasteiger partial charge in [-0.25, -0.2) is 13.4 Å². The minimum Gasteiger partial charge on any atom is -0.390 e. The van der Waals surface area contributed by atoms with Crippen LogP contribution in [0.4, 0.5) is 0 Å². The molecular formula is C11H18N2O3S2. The molecule has 1 saturated heterocycles. The number of aliphatic hydroxyl groups excluding tert-OH is 1. The summed E-state index contributed by atoms with van der Waals surface area (Å²) in [4.78, 5) is 5.45. The lowest BCUT2D eigenvalue weighted by Gasteiger charge is -2.20. The lowest BCUT2D eigenvalue weighted by Crippen LogP contribution is -2.40. The second-order valence-electron chi connectivity index (χ2n) is 4.82. The minimum atomic E-state index is -3.10. The van der Waals surface area contributed by atoms with Gasteiger partial charge in [0.2, 0.25) is 0 Å². The van der Waals surface area contributed by atoms with Crippen molar-refractivity contribution in [2.24, 2.45) is 0 Å². The molecule has 0 amide bonds. The standard InChI is InChI=1S/C11H18N2O3S2/c1-6-11(17-8(3)12-6)7(2)13-9-4-18(15,16)5-10(9)14/h7,9-10,13-14H,4-5H2,1-3H3. The molecule has 5 nitrogen and oxygen atoms in total. The molecule has 2 rings (SSSR count). The third-order valence-electron chi connectivity index (χ3n) is 3.12. The Morgan fingerprint density at radius 3 is 2.56 bits per heavy atom. The van der Waals surface area contributed by atoms with E-state index in [2.05, 4.69) is 10.3 Å². The van der Waals surface area contributed by atoms with E-state index in [4.69, 9.17) is 0 Å². The third-order valence-corrected chi connectivity index (χ3v) is 6.09. The molecule has 3 atom stereocenters. The van der Waals surface area contributed by atoms with Gasteiger partial charge in [0.15, 0.2) is 9.84 Å². The first-order valence-electron chi connectivity index (χ1n) is 5.87. The molecule has 0 bridgehead atoms. The van der Waals surface area contributed by atoms with Crippen molar-refractivity contribution >= 4 is 21.2 Å². The van der Waals surface area contributed by atoms with Crippen LogP contribution in [0.25, 0.3) is 0 Å². The monoisotopic (exact) mass is 290 g/mol. The molecule has 2 N–H and O–H groups in total. The Kier molecular flexibility index (Phi) is 3.77. The maximum absolute atomic E-state index is 11.4. The molecule has 1 aromatic rings. The first kappa shape index (κ1) is 13.9. The number of nitrogens with zero attached hydrogens (tertiary/aromatic N) is 1. The van der Waals surface area contributed by atoms with Crippen molar-refractivity contribution in [3.63, 3.8) is 0 Å². The zero-order chi connectivity index (χ0) is 13.5. The third kappa shape index (κ3) is 2.90. The number of aromatic nitrogens is 1.